The van der Waals surface area contributed by atoms with Crippen molar-refractivity contribution in [1.29, 1.82) is 0 Å². The highest BCUT2D eigenvalue weighted by molar-refractivity contribution is 6.06. The van der Waals surface area contributed by atoms with Crippen molar-refractivity contribution in [3.63, 3.8) is 0 Å². The molecule has 0 spiro atoms. The van der Waals surface area contributed by atoms with E-state index >= 15 is 0 Å². The fourth-order valence-electron chi connectivity index (χ4n) is 3.88. The van der Waals surface area contributed by atoms with Crippen LogP contribution in [0.3, 0.4) is 0 Å². The van der Waals surface area contributed by atoms with E-state index < -0.39 is 0 Å². The third-order valence-electron chi connectivity index (χ3n) is 5.23. The monoisotopic (exact) mass is 351 g/mol. The number of furan rings is 1. The van der Waals surface area contributed by atoms with Crippen molar-refractivity contribution in [3.8, 4) is 0 Å². The standard InChI is InChI=1S/C20H21N3O3/c1-12-16(17-18(24)21-11-22-20(17)26-12)19(25)23-15-9-7-14(8-10-15)13-5-3-2-4-6-13/h2-6,11,14-15H,7-10H2,1H3,(H,23,25)(H,21,22,24). The van der Waals surface area contributed by atoms with Crippen molar-refractivity contribution in [2.45, 2.75) is 44.6 Å². The summed E-state index contributed by atoms with van der Waals surface area (Å²) in [5.41, 5.74) is 1.50. The maximum absolute atomic E-state index is 12.8. The van der Waals surface area contributed by atoms with Gasteiger partial charge in [0.1, 0.15) is 11.1 Å². The van der Waals surface area contributed by atoms with Gasteiger partial charge >= 0.3 is 0 Å². The molecule has 0 unspecified atom stereocenters. The van der Waals surface area contributed by atoms with Gasteiger partial charge in [-0.25, -0.2) is 4.98 Å². The first kappa shape index (κ1) is 16.6. The van der Waals surface area contributed by atoms with E-state index in [1.165, 1.54) is 11.9 Å². The number of fused-ring (bicyclic) bond motifs is 1. The minimum absolute atomic E-state index is 0.113. The van der Waals surface area contributed by atoms with Gasteiger partial charge in [-0.1, -0.05) is 30.3 Å². The lowest BCUT2D eigenvalue weighted by atomic mass is 9.81. The van der Waals surface area contributed by atoms with Gasteiger partial charge in [-0.2, -0.15) is 0 Å². The number of aromatic nitrogens is 2. The molecule has 1 aliphatic rings. The van der Waals surface area contributed by atoms with Crippen LogP contribution in [0.4, 0.5) is 0 Å². The predicted molar refractivity (Wildman–Crippen MR) is 98.3 cm³/mol. The molecule has 0 saturated heterocycles. The predicted octanol–water partition coefficient (Wildman–Crippen LogP) is 3.28. The molecule has 1 saturated carbocycles. The number of hydrogen-bond donors (Lipinski definition) is 2. The summed E-state index contributed by atoms with van der Waals surface area (Å²) in [4.78, 5) is 31.3. The Kier molecular flexibility index (Phi) is 4.32. The van der Waals surface area contributed by atoms with Crippen LogP contribution in [0.1, 0.15) is 53.3 Å². The number of carbonyl (C=O) groups is 1. The summed E-state index contributed by atoms with van der Waals surface area (Å²) >= 11 is 0. The summed E-state index contributed by atoms with van der Waals surface area (Å²) in [6, 6.07) is 10.6. The summed E-state index contributed by atoms with van der Waals surface area (Å²) in [5.74, 6) is 0.704. The molecule has 2 aromatic heterocycles. The number of nitrogens with zero attached hydrogens (tertiary/aromatic N) is 1. The molecule has 6 heteroatoms. The molecule has 26 heavy (non-hydrogen) atoms. The van der Waals surface area contributed by atoms with E-state index in [9.17, 15) is 9.59 Å². The number of amides is 1. The van der Waals surface area contributed by atoms with Gasteiger partial charge in [0.05, 0.1) is 11.9 Å². The van der Waals surface area contributed by atoms with Gasteiger partial charge in [0.15, 0.2) is 0 Å². The van der Waals surface area contributed by atoms with Crippen LogP contribution in [-0.4, -0.2) is 21.9 Å². The molecule has 0 atom stereocenters. The highest BCUT2D eigenvalue weighted by atomic mass is 16.3. The zero-order valence-corrected chi connectivity index (χ0v) is 14.6. The third kappa shape index (κ3) is 3.03. The van der Waals surface area contributed by atoms with Crippen molar-refractivity contribution in [2.75, 3.05) is 0 Å². The zero-order chi connectivity index (χ0) is 18.1. The normalized spacial score (nSPS) is 20.2. The largest absolute Gasteiger partial charge is 0.442 e. The van der Waals surface area contributed by atoms with Crippen molar-refractivity contribution in [2.24, 2.45) is 0 Å². The summed E-state index contributed by atoms with van der Waals surface area (Å²) in [6.45, 7) is 1.68. The minimum atomic E-state index is -0.357. The molecule has 1 aromatic carbocycles. The third-order valence-corrected chi connectivity index (χ3v) is 5.23. The highest BCUT2D eigenvalue weighted by Crippen LogP contribution is 2.33. The van der Waals surface area contributed by atoms with Gasteiger partial charge < -0.3 is 14.7 Å². The maximum Gasteiger partial charge on any atom is 0.262 e. The van der Waals surface area contributed by atoms with Crippen molar-refractivity contribution < 1.29 is 9.21 Å². The number of H-pyrrole nitrogens is 1. The second kappa shape index (κ2) is 6.78. The smallest absolute Gasteiger partial charge is 0.262 e. The Hall–Kier alpha value is -2.89. The van der Waals surface area contributed by atoms with Gasteiger partial charge in [0.25, 0.3) is 11.5 Å². The molecule has 4 rings (SSSR count). The van der Waals surface area contributed by atoms with E-state index in [0.717, 1.165) is 25.7 Å². The summed E-state index contributed by atoms with van der Waals surface area (Å²) in [7, 11) is 0. The van der Waals surface area contributed by atoms with E-state index in [1.807, 2.05) is 6.07 Å². The Morgan fingerprint density at radius 2 is 1.92 bits per heavy atom. The van der Waals surface area contributed by atoms with Crippen LogP contribution in [-0.2, 0) is 0 Å². The summed E-state index contributed by atoms with van der Waals surface area (Å²) in [6.07, 6.45) is 5.22. The molecule has 0 bridgehead atoms. The molecular formula is C20H21N3O3. The quantitative estimate of drug-likeness (QED) is 0.758. The second-order valence-corrected chi connectivity index (χ2v) is 6.88. The van der Waals surface area contributed by atoms with E-state index in [2.05, 4.69) is 39.6 Å². The van der Waals surface area contributed by atoms with Gasteiger partial charge in [0.2, 0.25) is 5.71 Å². The number of rotatable bonds is 3. The first-order chi connectivity index (χ1) is 12.6. The molecule has 2 N–H and O–H groups in total. The molecule has 1 fully saturated rings. The van der Waals surface area contributed by atoms with Gasteiger partial charge in [-0.15, -0.1) is 0 Å². The molecular weight excluding hydrogens is 330 g/mol. The first-order valence-corrected chi connectivity index (χ1v) is 8.96. The van der Waals surface area contributed by atoms with Crippen LogP contribution in [0, 0.1) is 6.92 Å². The van der Waals surface area contributed by atoms with Gasteiger partial charge in [0, 0.05) is 6.04 Å². The molecule has 134 valence electrons. The van der Waals surface area contributed by atoms with E-state index in [-0.39, 0.29) is 28.6 Å². The average Bonchev–Trinajstić information content (AvgIpc) is 3.00. The molecule has 0 radical (unpaired) electrons. The fourth-order valence-corrected chi connectivity index (χ4v) is 3.88. The second-order valence-electron chi connectivity index (χ2n) is 6.88. The van der Waals surface area contributed by atoms with Crippen LogP contribution in [0.15, 0.2) is 45.9 Å². The van der Waals surface area contributed by atoms with Crippen molar-refractivity contribution in [3.05, 3.63) is 63.9 Å². The van der Waals surface area contributed by atoms with Crippen molar-refractivity contribution >= 4 is 17.0 Å². The molecule has 1 amide bonds. The first-order valence-electron chi connectivity index (χ1n) is 8.96. The van der Waals surface area contributed by atoms with Gasteiger partial charge in [-0.3, -0.25) is 9.59 Å². The van der Waals surface area contributed by atoms with Crippen LogP contribution < -0.4 is 10.9 Å². The van der Waals surface area contributed by atoms with E-state index in [0.29, 0.717) is 17.2 Å². The number of carbonyl (C=O) groups excluding carboxylic acids is 1. The summed E-state index contributed by atoms with van der Waals surface area (Å²) < 4.78 is 5.47. The SMILES string of the molecule is Cc1oc2nc[nH]c(=O)c2c1C(=O)NC1CCC(c2ccccc2)CC1. The number of aryl methyl sites for hydroxylation is 1. The number of nitrogens with one attached hydrogen (secondary N) is 2. The Morgan fingerprint density at radius 1 is 1.19 bits per heavy atom. The van der Waals surface area contributed by atoms with E-state index in [1.54, 1.807) is 6.92 Å². The van der Waals surface area contributed by atoms with Crippen LogP contribution in [0.2, 0.25) is 0 Å². The lowest BCUT2D eigenvalue weighted by molar-refractivity contribution is 0.0925. The Balaban J connectivity index is 1.47. The van der Waals surface area contributed by atoms with Crippen LogP contribution in [0.25, 0.3) is 11.1 Å². The zero-order valence-electron chi connectivity index (χ0n) is 14.6. The van der Waals surface area contributed by atoms with Crippen LogP contribution in [0.5, 0.6) is 0 Å². The Morgan fingerprint density at radius 3 is 2.65 bits per heavy atom. The average molecular weight is 351 g/mol. The molecule has 2 heterocycles. The Labute approximate surface area is 150 Å². The highest BCUT2D eigenvalue weighted by Gasteiger charge is 2.27. The molecule has 6 nitrogen and oxygen atoms in total. The maximum atomic E-state index is 12.8. The van der Waals surface area contributed by atoms with Crippen molar-refractivity contribution in [1.82, 2.24) is 15.3 Å². The number of aromatic amines is 1. The lowest BCUT2D eigenvalue weighted by Gasteiger charge is -2.29. The molecule has 3 aromatic rings. The molecule has 0 aliphatic heterocycles. The fraction of sp³-hybridized carbons (Fsp3) is 0.350. The summed E-state index contributed by atoms with van der Waals surface area (Å²) in [5, 5.41) is 3.30. The Bertz CT molecular complexity index is 982. The van der Waals surface area contributed by atoms with E-state index in [4.69, 9.17) is 4.42 Å². The lowest BCUT2D eigenvalue weighted by Crippen LogP contribution is -2.37. The number of hydrogen-bond acceptors (Lipinski definition) is 4. The van der Waals surface area contributed by atoms with Gasteiger partial charge in [-0.05, 0) is 44.1 Å². The molecule has 1 aliphatic carbocycles. The topological polar surface area (TPSA) is 88.0 Å². The minimum Gasteiger partial charge on any atom is -0.442 e. The van der Waals surface area contributed by atoms with Crippen LogP contribution >= 0.6 is 0 Å². The number of benzene rings is 1.